The Hall–Kier alpha value is -4.97. The van der Waals surface area contributed by atoms with Crippen molar-refractivity contribution in [2.24, 2.45) is 0 Å². The highest BCUT2D eigenvalue weighted by Crippen LogP contribution is 2.35. The molecule has 0 unspecified atom stereocenters. The van der Waals surface area contributed by atoms with Crippen LogP contribution in [0.3, 0.4) is 0 Å². The Kier molecular flexibility index (Phi) is 8.60. The highest BCUT2D eigenvalue weighted by molar-refractivity contribution is 8.18. The lowest BCUT2D eigenvalue weighted by Gasteiger charge is -2.13. The molecule has 0 spiro atoms. The Bertz CT molecular complexity index is 1520. The second kappa shape index (κ2) is 12.3. The van der Waals surface area contributed by atoms with Gasteiger partial charge >= 0.3 is 5.97 Å². The average Bonchev–Trinajstić information content (AvgIpc) is 3.18. The number of carbonyl (C=O) groups is 4. The fourth-order valence-electron chi connectivity index (χ4n) is 3.61. The molecule has 12 heteroatoms. The van der Waals surface area contributed by atoms with Crippen molar-refractivity contribution in [3.05, 3.63) is 98.4 Å². The summed E-state index contributed by atoms with van der Waals surface area (Å²) in [4.78, 5) is 61.6. The third-order valence-electron chi connectivity index (χ3n) is 5.59. The molecule has 3 aromatic rings. The normalized spacial score (nSPS) is 13.8. The predicted octanol–water partition coefficient (Wildman–Crippen LogP) is 5.20. The standard InChI is InChI=1S/C28H23N3O8S/c1-3-38-23-14-18(6-13-22(23)39-27(34)19-7-11-21(12-8-19)31(36)37)15-24-26(33)30(28(35)40-24)16-25(32)29-20-9-4-17(2)5-10-20/h4-15H,3,16H2,1-2H3,(H,29,32)/b24-15-. The number of rotatable bonds is 9. The number of nitrogens with one attached hydrogen (secondary N) is 1. The van der Waals surface area contributed by atoms with Gasteiger partial charge in [-0.3, -0.25) is 29.4 Å². The van der Waals surface area contributed by atoms with E-state index < -0.39 is 34.5 Å². The van der Waals surface area contributed by atoms with E-state index in [9.17, 15) is 29.3 Å². The number of ether oxygens (including phenoxy) is 2. The van der Waals surface area contributed by atoms with Crippen molar-refractivity contribution >= 4 is 52.2 Å². The zero-order valence-corrected chi connectivity index (χ0v) is 22.2. The quantitative estimate of drug-likeness (QED) is 0.123. The summed E-state index contributed by atoms with van der Waals surface area (Å²) in [7, 11) is 0. The SMILES string of the molecule is CCOc1cc(/C=C2\SC(=O)N(CC(=O)Nc3ccc(C)cc3)C2=O)ccc1OC(=O)c1ccc([N+](=O)[O-])cc1. The summed E-state index contributed by atoms with van der Waals surface area (Å²) in [5, 5.41) is 12.9. The van der Waals surface area contributed by atoms with Crippen molar-refractivity contribution in [1.82, 2.24) is 4.90 Å². The maximum Gasteiger partial charge on any atom is 0.343 e. The molecule has 0 bridgehead atoms. The molecule has 0 aliphatic carbocycles. The first-order chi connectivity index (χ1) is 19.1. The predicted molar refractivity (Wildman–Crippen MR) is 148 cm³/mol. The van der Waals surface area contributed by atoms with Crippen LogP contribution in [0.25, 0.3) is 6.08 Å². The van der Waals surface area contributed by atoms with Crippen molar-refractivity contribution in [3.8, 4) is 11.5 Å². The number of anilines is 1. The van der Waals surface area contributed by atoms with Crippen molar-refractivity contribution < 1.29 is 33.6 Å². The smallest absolute Gasteiger partial charge is 0.343 e. The minimum atomic E-state index is -0.742. The van der Waals surface area contributed by atoms with Crippen LogP contribution in [0.2, 0.25) is 0 Å². The van der Waals surface area contributed by atoms with Crippen LogP contribution in [0, 0.1) is 17.0 Å². The molecule has 3 aromatic carbocycles. The maximum atomic E-state index is 12.9. The molecule has 1 N–H and O–H groups in total. The van der Waals surface area contributed by atoms with Gasteiger partial charge in [-0.25, -0.2) is 4.79 Å². The van der Waals surface area contributed by atoms with Gasteiger partial charge in [0.1, 0.15) is 6.54 Å². The molecule has 0 atom stereocenters. The van der Waals surface area contributed by atoms with Crippen molar-refractivity contribution in [1.29, 1.82) is 0 Å². The average molecular weight is 562 g/mol. The van der Waals surface area contributed by atoms with Crippen LogP contribution >= 0.6 is 11.8 Å². The Morgan fingerprint density at radius 3 is 2.38 bits per heavy atom. The van der Waals surface area contributed by atoms with E-state index in [-0.39, 0.29) is 34.3 Å². The van der Waals surface area contributed by atoms with Crippen LogP contribution in [-0.2, 0) is 9.59 Å². The first-order valence-electron chi connectivity index (χ1n) is 12.0. The molecule has 40 heavy (non-hydrogen) atoms. The van der Waals surface area contributed by atoms with Crippen molar-refractivity contribution in [2.75, 3.05) is 18.5 Å². The number of esters is 1. The van der Waals surface area contributed by atoms with E-state index in [0.717, 1.165) is 10.5 Å². The summed E-state index contributed by atoms with van der Waals surface area (Å²) in [6, 6.07) is 16.7. The molecule has 0 saturated carbocycles. The second-order valence-electron chi connectivity index (χ2n) is 8.51. The number of nitro benzene ring substituents is 1. The van der Waals surface area contributed by atoms with Crippen LogP contribution in [0.15, 0.2) is 71.6 Å². The molecule has 1 aliphatic rings. The summed E-state index contributed by atoms with van der Waals surface area (Å²) < 4.78 is 11.0. The summed E-state index contributed by atoms with van der Waals surface area (Å²) in [5.74, 6) is -1.55. The topological polar surface area (TPSA) is 145 Å². The second-order valence-corrected chi connectivity index (χ2v) is 9.51. The van der Waals surface area contributed by atoms with Crippen LogP contribution in [-0.4, -0.2) is 46.0 Å². The number of nitrogens with zero attached hydrogens (tertiary/aromatic N) is 2. The van der Waals surface area contributed by atoms with Gasteiger partial charge in [0, 0.05) is 17.8 Å². The third kappa shape index (κ3) is 6.72. The third-order valence-corrected chi connectivity index (χ3v) is 6.50. The first-order valence-corrected chi connectivity index (χ1v) is 12.8. The van der Waals surface area contributed by atoms with Gasteiger partial charge in [0.05, 0.1) is 22.0 Å². The highest BCUT2D eigenvalue weighted by Gasteiger charge is 2.36. The van der Waals surface area contributed by atoms with E-state index >= 15 is 0 Å². The van der Waals surface area contributed by atoms with Gasteiger partial charge in [-0.05, 0) is 73.6 Å². The summed E-state index contributed by atoms with van der Waals surface area (Å²) >= 11 is 0.706. The van der Waals surface area contributed by atoms with Gasteiger partial charge in [-0.2, -0.15) is 0 Å². The molecule has 1 fully saturated rings. The lowest BCUT2D eigenvalue weighted by atomic mass is 10.1. The number of benzene rings is 3. The summed E-state index contributed by atoms with van der Waals surface area (Å²) in [5.41, 5.74) is 2.02. The lowest BCUT2D eigenvalue weighted by Crippen LogP contribution is -2.36. The van der Waals surface area contributed by atoms with Gasteiger partial charge in [0.2, 0.25) is 5.91 Å². The monoisotopic (exact) mass is 561 g/mol. The van der Waals surface area contributed by atoms with E-state index in [4.69, 9.17) is 9.47 Å². The van der Waals surface area contributed by atoms with E-state index in [0.29, 0.717) is 23.0 Å². The summed E-state index contributed by atoms with van der Waals surface area (Å²) in [6.45, 7) is 3.47. The van der Waals surface area contributed by atoms with E-state index in [2.05, 4.69) is 5.32 Å². The molecule has 1 heterocycles. The zero-order chi connectivity index (χ0) is 28.8. The first kappa shape index (κ1) is 28.0. The van der Waals surface area contributed by atoms with Gasteiger partial charge in [0.15, 0.2) is 11.5 Å². The van der Waals surface area contributed by atoms with Crippen LogP contribution in [0.4, 0.5) is 16.2 Å². The van der Waals surface area contributed by atoms with Gasteiger partial charge in [-0.1, -0.05) is 23.8 Å². The van der Waals surface area contributed by atoms with Crippen LogP contribution < -0.4 is 14.8 Å². The molecule has 204 valence electrons. The van der Waals surface area contributed by atoms with Crippen LogP contribution in [0.1, 0.15) is 28.4 Å². The number of hydrogen-bond acceptors (Lipinski definition) is 9. The van der Waals surface area contributed by atoms with E-state index in [1.165, 1.54) is 36.4 Å². The zero-order valence-electron chi connectivity index (χ0n) is 21.4. The number of aryl methyl sites for hydroxylation is 1. The van der Waals surface area contributed by atoms with Crippen molar-refractivity contribution in [2.45, 2.75) is 13.8 Å². The molecular formula is C28H23N3O8S. The minimum Gasteiger partial charge on any atom is -0.490 e. The van der Waals surface area contributed by atoms with Crippen LogP contribution in [0.5, 0.6) is 11.5 Å². The Labute approximate surface area is 232 Å². The molecule has 4 rings (SSSR count). The number of carbonyl (C=O) groups excluding carboxylic acids is 4. The van der Waals surface area contributed by atoms with E-state index in [1.807, 2.05) is 19.1 Å². The molecule has 11 nitrogen and oxygen atoms in total. The van der Waals surface area contributed by atoms with E-state index in [1.54, 1.807) is 31.2 Å². The molecule has 3 amide bonds. The minimum absolute atomic E-state index is 0.100. The van der Waals surface area contributed by atoms with Gasteiger partial charge in [-0.15, -0.1) is 0 Å². The fraction of sp³-hybridized carbons (Fsp3) is 0.143. The Morgan fingerprint density at radius 1 is 1.02 bits per heavy atom. The molecule has 1 aliphatic heterocycles. The fourth-order valence-corrected chi connectivity index (χ4v) is 4.45. The number of non-ortho nitro benzene ring substituents is 1. The lowest BCUT2D eigenvalue weighted by molar-refractivity contribution is -0.384. The number of hydrogen-bond donors (Lipinski definition) is 1. The van der Waals surface area contributed by atoms with Crippen molar-refractivity contribution in [3.63, 3.8) is 0 Å². The maximum absolute atomic E-state index is 12.9. The Balaban J connectivity index is 1.46. The number of thioether (sulfide) groups is 1. The molecule has 0 radical (unpaired) electrons. The summed E-state index contributed by atoms with van der Waals surface area (Å²) in [6.07, 6.45) is 1.48. The van der Waals surface area contributed by atoms with Gasteiger partial charge < -0.3 is 14.8 Å². The van der Waals surface area contributed by atoms with Gasteiger partial charge in [0.25, 0.3) is 16.8 Å². The number of nitro groups is 1. The number of amides is 3. The molecular weight excluding hydrogens is 538 g/mol. The number of imide groups is 1. The Morgan fingerprint density at radius 2 is 1.73 bits per heavy atom. The highest BCUT2D eigenvalue weighted by atomic mass is 32.2. The molecule has 1 saturated heterocycles. The largest absolute Gasteiger partial charge is 0.490 e. The molecule has 0 aromatic heterocycles.